The Balaban J connectivity index is 2.46. The molecule has 4 heteroatoms. The molecule has 2 amide bonds. The normalized spacial score (nSPS) is 27.6. The zero-order valence-corrected chi connectivity index (χ0v) is 11.6. The second-order valence-corrected chi connectivity index (χ2v) is 5.77. The number of thioether (sulfide) groups is 1. The first-order valence-corrected chi connectivity index (χ1v) is 7.51. The fourth-order valence-corrected chi connectivity index (χ4v) is 2.79. The van der Waals surface area contributed by atoms with Crippen molar-refractivity contribution in [2.45, 2.75) is 45.7 Å². The van der Waals surface area contributed by atoms with Crippen molar-refractivity contribution in [1.82, 2.24) is 10.2 Å². The van der Waals surface area contributed by atoms with Crippen LogP contribution in [0.15, 0.2) is 0 Å². The highest BCUT2D eigenvalue weighted by molar-refractivity contribution is 7.98. The second kappa shape index (κ2) is 6.38. The van der Waals surface area contributed by atoms with E-state index in [1.54, 1.807) is 11.8 Å². The van der Waals surface area contributed by atoms with Crippen LogP contribution in [0.1, 0.15) is 33.6 Å². The molecule has 1 fully saturated rings. The number of nitrogens with one attached hydrogen (secondary N) is 1. The van der Waals surface area contributed by atoms with Gasteiger partial charge in [-0.25, -0.2) is 4.79 Å². The van der Waals surface area contributed by atoms with Gasteiger partial charge >= 0.3 is 6.03 Å². The molecule has 1 N–H and O–H groups in total. The van der Waals surface area contributed by atoms with Gasteiger partial charge in [-0.1, -0.05) is 6.92 Å². The summed E-state index contributed by atoms with van der Waals surface area (Å²) >= 11 is 1.77. The zero-order chi connectivity index (χ0) is 12.1. The highest BCUT2D eigenvalue weighted by Gasteiger charge is 2.28. The highest BCUT2D eigenvalue weighted by Crippen LogP contribution is 2.22. The lowest BCUT2D eigenvalue weighted by molar-refractivity contribution is 0.127. The molecular formula is C12H24N2OS. The molecule has 1 saturated heterocycles. The molecule has 16 heavy (non-hydrogen) atoms. The number of urea groups is 1. The lowest BCUT2D eigenvalue weighted by Crippen LogP contribution is -2.52. The molecule has 94 valence electrons. The Morgan fingerprint density at radius 2 is 2.25 bits per heavy atom. The Kier molecular flexibility index (Phi) is 5.46. The molecule has 0 aliphatic carbocycles. The van der Waals surface area contributed by atoms with E-state index in [1.807, 2.05) is 4.90 Å². The van der Waals surface area contributed by atoms with Crippen LogP contribution >= 0.6 is 11.8 Å². The van der Waals surface area contributed by atoms with Crippen LogP contribution in [0, 0.1) is 5.92 Å². The molecule has 0 aromatic carbocycles. The van der Waals surface area contributed by atoms with Crippen molar-refractivity contribution < 1.29 is 4.79 Å². The third-order valence-corrected chi connectivity index (χ3v) is 4.25. The number of carbonyl (C=O) groups is 1. The predicted molar refractivity (Wildman–Crippen MR) is 70.9 cm³/mol. The SMILES string of the molecule is CSC[C@H](C)NC(=O)N1CCC[C@H](C)[C@@H]1C. The molecule has 1 heterocycles. The first-order chi connectivity index (χ1) is 7.56. The molecule has 0 aromatic heterocycles. The van der Waals surface area contributed by atoms with Gasteiger partial charge in [0.15, 0.2) is 0 Å². The fourth-order valence-electron chi connectivity index (χ4n) is 2.21. The highest BCUT2D eigenvalue weighted by atomic mass is 32.2. The van der Waals surface area contributed by atoms with Crippen molar-refractivity contribution in [2.24, 2.45) is 5.92 Å². The van der Waals surface area contributed by atoms with Gasteiger partial charge in [-0.05, 0) is 38.9 Å². The average Bonchev–Trinajstić information content (AvgIpc) is 2.22. The molecule has 3 nitrogen and oxygen atoms in total. The van der Waals surface area contributed by atoms with Crippen molar-refractivity contribution in [3.8, 4) is 0 Å². The number of piperidine rings is 1. The van der Waals surface area contributed by atoms with E-state index in [-0.39, 0.29) is 12.1 Å². The van der Waals surface area contributed by atoms with E-state index in [2.05, 4.69) is 32.3 Å². The molecule has 0 radical (unpaired) electrons. The number of hydrogen-bond donors (Lipinski definition) is 1. The van der Waals surface area contributed by atoms with E-state index in [1.165, 1.54) is 6.42 Å². The van der Waals surface area contributed by atoms with Crippen LogP contribution in [0.3, 0.4) is 0 Å². The number of likely N-dealkylation sites (tertiary alicyclic amines) is 1. The summed E-state index contributed by atoms with van der Waals surface area (Å²) in [5.74, 6) is 1.60. The third-order valence-electron chi connectivity index (χ3n) is 3.42. The molecular weight excluding hydrogens is 220 g/mol. The maximum absolute atomic E-state index is 12.0. The number of carbonyl (C=O) groups excluding carboxylic acids is 1. The summed E-state index contributed by atoms with van der Waals surface area (Å²) in [5, 5.41) is 3.07. The summed E-state index contributed by atoms with van der Waals surface area (Å²) in [6.07, 6.45) is 4.44. The van der Waals surface area contributed by atoms with Crippen molar-refractivity contribution in [3.63, 3.8) is 0 Å². The van der Waals surface area contributed by atoms with Crippen molar-refractivity contribution in [2.75, 3.05) is 18.6 Å². The van der Waals surface area contributed by atoms with Gasteiger partial charge in [0.2, 0.25) is 0 Å². The Morgan fingerprint density at radius 1 is 1.56 bits per heavy atom. The standard InChI is InChI=1S/C12H24N2OS/c1-9-6-5-7-14(11(9)3)12(15)13-10(2)8-16-4/h9-11H,5-8H2,1-4H3,(H,13,15)/t9-,10-,11-/m0/s1. The minimum absolute atomic E-state index is 0.112. The van der Waals surface area contributed by atoms with Crippen LogP contribution in [0.4, 0.5) is 4.79 Å². The minimum Gasteiger partial charge on any atom is -0.335 e. The van der Waals surface area contributed by atoms with Gasteiger partial charge in [0, 0.05) is 24.4 Å². The van der Waals surface area contributed by atoms with Crippen LogP contribution in [0.25, 0.3) is 0 Å². The molecule has 0 aromatic rings. The quantitative estimate of drug-likeness (QED) is 0.827. The van der Waals surface area contributed by atoms with Crippen molar-refractivity contribution >= 4 is 17.8 Å². The molecule has 0 bridgehead atoms. The van der Waals surface area contributed by atoms with Crippen LogP contribution in [-0.4, -0.2) is 41.6 Å². The van der Waals surface area contributed by atoms with E-state index >= 15 is 0 Å². The third kappa shape index (κ3) is 3.58. The Morgan fingerprint density at radius 3 is 2.88 bits per heavy atom. The molecule has 1 aliphatic heterocycles. The topological polar surface area (TPSA) is 32.3 Å². The van der Waals surface area contributed by atoms with E-state index < -0.39 is 0 Å². The predicted octanol–water partition coefficient (Wildman–Crippen LogP) is 2.57. The first-order valence-electron chi connectivity index (χ1n) is 6.12. The van der Waals surface area contributed by atoms with Gasteiger partial charge < -0.3 is 10.2 Å². The van der Waals surface area contributed by atoms with Gasteiger partial charge in [0.1, 0.15) is 0 Å². The van der Waals surface area contributed by atoms with E-state index in [0.29, 0.717) is 12.0 Å². The number of amides is 2. The van der Waals surface area contributed by atoms with Crippen LogP contribution < -0.4 is 5.32 Å². The second-order valence-electron chi connectivity index (χ2n) is 4.86. The van der Waals surface area contributed by atoms with Gasteiger partial charge in [0.25, 0.3) is 0 Å². The number of rotatable bonds is 3. The van der Waals surface area contributed by atoms with E-state index in [0.717, 1.165) is 18.7 Å². The van der Waals surface area contributed by atoms with Crippen LogP contribution in [0.5, 0.6) is 0 Å². The summed E-state index contributed by atoms with van der Waals surface area (Å²) in [4.78, 5) is 14.0. The van der Waals surface area contributed by atoms with Gasteiger partial charge in [-0.3, -0.25) is 0 Å². The summed E-state index contributed by atoms with van der Waals surface area (Å²) in [6, 6.07) is 0.739. The summed E-state index contributed by atoms with van der Waals surface area (Å²) < 4.78 is 0. The van der Waals surface area contributed by atoms with Gasteiger partial charge in [-0.15, -0.1) is 0 Å². The Labute approximate surface area is 103 Å². The van der Waals surface area contributed by atoms with E-state index in [4.69, 9.17) is 0 Å². The molecule has 1 aliphatic rings. The molecule has 0 saturated carbocycles. The molecule has 0 unspecified atom stereocenters. The summed E-state index contributed by atoms with van der Waals surface area (Å²) in [7, 11) is 0. The van der Waals surface area contributed by atoms with E-state index in [9.17, 15) is 4.79 Å². The lowest BCUT2D eigenvalue weighted by atomic mass is 9.92. The monoisotopic (exact) mass is 244 g/mol. The summed E-state index contributed by atoms with van der Waals surface area (Å²) in [5.41, 5.74) is 0. The molecule has 1 rings (SSSR count). The van der Waals surface area contributed by atoms with Gasteiger partial charge in [-0.2, -0.15) is 11.8 Å². The Hall–Kier alpha value is -0.380. The zero-order valence-electron chi connectivity index (χ0n) is 10.8. The largest absolute Gasteiger partial charge is 0.335 e. The Bertz CT molecular complexity index is 235. The maximum atomic E-state index is 12.0. The smallest absolute Gasteiger partial charge is 0.317 e. The van der Waals surface area contributed by atoms with Crippen LogP contribution in [0.2, 0.25) is 0 Å². The summed E-state index contributed by atoms with van der Waals surface area (Å²) in [6.45, 7) is 7.36. The minimum atomic E-state index is 0.112. The average molecular weight is 244 g/mol. The van der Waals surface area contributed by atoms with Crippen molar-refractivity contribution in [1.29, 1.82) is 0 Å². The number of nitrogens with zero attached hydrogens (tertiary/aromatic N) is 1. The molecule has 3 atom stereocenters. The number of hydrogen-bond acceptors (Lipinski definition) is 2. The van der Waals surface area contributed by atoms with Gasteiger partial charge in [0.05, 0.1) is 0 Å². The molecule has 0 spiro atoms. The lowest BCUT2D eigenvalue weighted by Gasteiger charge is -2.38. The maximum Gasteiger partial charge on any atom is 0.317 e. The fraction of sp³-hybridized carbons (Fsp3) is 0.917. The van der Waals surface area contributed by atoms with Crippen molar-refractivity contribution in [3.05, 3.63) is 0 Å². The van der Waals surface area contributed by atoms with Crippen LogP contribution in [-0.2, 0) is 0 Å². The first kappa shape index (κ1) is 13.7.